The summed E-state index contributed by atoms with van der Waals surface area (Å²) in [6.45, 7) is 4.69. The number of pyridine rings is 2. The van der Waals surface area contributed by atoms with Crippen LogP contribution in [0.15, 0.2) is 73.1 Å². The molecule has 3 aromatic heterocycles. The molecule has 1 amide bonds. The van der Waals surface area contributed by atoms with Crippen LogP contribution in [0.2, 0.25) is 0 Å². The van der Waals surface area contributed by atoms with Crippen LogP contribution < -0.4 is 4.74 Å². The number of fused-ring (bicyclic) bond motifs is 2. The lowest BCUT2D eigenvalue weighted by molar-refractivity contribution is 0.0393. The predicted molar refractivity (Wildman–Crippen MR) is 157 cm³/mol. The first kappa shape index (κ1) is 25.6. The van der Waals surface area contributed by atoms with Crippen molar-refractivity contribution in [2.45, 2.75) is 12.5 Å². The van der Waals surface area contributed by atoms with Crippen molar-refractivity contribution < 1.29 is 14.3 Å². The maximum Gasteiger partial charge on any atom is 0.254 e. The number of nitrogens with one attached hydrogen (secondary N) is 1. The number of carbonyl (C=O) groups excluding carboxylic acids is 1. The highest BCUT2D eigenvalue weighted by Gasteiger charge is 2.35. The minimum absolute atomic E-state index is 0.00694. The average molecular weight is 549 g/mol. The first-order valence-electron chi connectivity index (χ1n) is 14.1. The van der Waals surface area contributed by atoms with Gasteiger partial charge in [0.25, 0.3) is 5.91 Å². The number of hydrogen-bond donors (Lipinski definition) is 1. The molecule has 5 aromatic rings. The fraction of sp³-hybridized carbons (Fsp3) is 0.312. The molecule has 1 N–H and O–H groups in total. The summed E-state index contributed by atoms with van der Waals surface area (Å²) in [4.78, 5) is 35.9. The van der Waals surface area contributed by atoms with E-state index in [-0.39, 0.29) is 11.9 Å². The standard InChI is InChI=1S/C32H32N6O3/c1-40-31-25(16-23-5-2-3-7-27(23)36-31)28-17-34-30(35-28)29-19-37(18-21-10-14-41-20-21)12-13-38(29)32(39)24-8-9-26-22(15-24)6-4-11-33-26/h2-9,11,15-17,21,29H,10,12-14,18-20H2,1H3,(H,34,35). The lowest BCUT2D eigenvalue weighted by Gasteiger charge is -2.41. The zero-order valence-electron chi connectivity index (χ0n) is 23.0. The molecule has 0 spiro atoms. The van der Waals surface area contributed by atoms with E-state index >= 15 is 0 Å². The van der Waals surface area contributed by atoms with Gasteiger partial charge >= 0.3 is 0 Å². The number of H-pyrrole nitrogens is 1. The number of benzene rings is 2. The normalized spacial score (nSPS) is 19.7. The number of imidazole rings is 1. The number of nitrogens with zero attached hydrogens (tertiary/aromatic N) is 5. The number of carbonyl (C=O) groups is 1. The summed E-state index contributed by atoms with van der Waals surface area (Å²) >= 11 is 0. The van der Waals surface area contributed by atoms with Crippen molar-refractivity contribution in [2.75, 3.05) is 46.5 Å². The van der Waals surface area contributed by atoms with Crippen LogP contribution in [0.25, 0.3) is 33.1 Å². The van der Waals surface area contributed by atoms with Crippen LogP contribution in [0.3, 0.4) is 0 Å². The number of piperazine rings is 1. The van der Waals surface area contributed by atoms with E-state index < -0.39 is 0 Å². The van der Waals surface area contributed by atoms with Crippen LogP contribution in [0.5, 0.6) is 5.88 Å². The third kappa shape index (κ3) is 5.03. The summed E-state index contributed by atoms with van der Waals surface area (Å²) in [5.74, 6) is 1.79. The number of ether oxygens (including phenoxy) is 2. The first-order chi connectivity index (χ1) is 20.2. The van der Waals surface area contributed by atoms with Crippen LogP contribution in [0, 0.1) is 5.92 Å². The van der Waals surface area contributed by atoms with Gasteiger partial charge in [-0.25, -0.2) is 9.97 Å². The Labute approximate surface area is 238 Å². The van der Waals surface area contributed by atoms with Gasteiger partial charge in [0.15, 0.2) is 0 Å². The first-order valence-corrected chi connectivity index (χ1v) is 14.1. The predicted octanol–water partition coefficient (Wildman–Crippen LogP) is 4.72. The topological polar surface area (TPSA) is 96.5 Å². The van der Waals surface area contributed by atoms with Crippen molar-refractivity contribution in [1.82, 2.24) is 29.7 Å². The van der Waals surface area contributed by atoms with Crippen LogP contribution >= 0.6 is 0 Å². The maximum absolute atomic E-state index is 14.0. The van der Waals surface area contributed by atoms with Gasteiger partial charge in [-0.05, 0) is 48.7 Å². The monoisotopic (exact) mass is 548 g/mol. The fourth-order valence-corrected chi connectivity index (χ4v) is 6.04. The summed E-state index contributed by atoms with van der Waals surface area (Å²) in [5.41, 5.74) is 4.04. The lowest BCUT2D eigenvalue weighted by atomic mass is 10.0. The summed E-state index contributed by atoms with van der Waals surface area (Å²) < 4.78 is 11.3. The van der Waals surface area contributed by atoms with Gasteiger partial charge in [0.2, 0.25) is 5.88 Å². The van der Waals surface area contributed by atoms with Gasteiger partial charge in [-0.15, -0.1) is 0 Å². The molecule has 208 valence electrons. The van der Waals surface area contributed by atoms with Crippen molar-refractivity contribution in [3.8, 4) is 17.1 Å². The van der Waals surface area contributed by atoms with Crippen LogP contribution in [-0.4, -0.2) is 82.1 Å². The van der Waals surface area contributed by atoms with E-state index in [9.17, 15) is 4.79 Å². The quantitative estimate of drug-likeness (QED) is 0.328. The fourth-order valence-electron chi connectivity index (χ4n) is 6.04. The van der Waals surface area contributed by atoms with E-state index in [1.165, 1.54) is 0 Å². The Bertz CT molecular complexity index is 1710. The Morgan fingerprint density at radius 2 is 1.93 bits per heavy atom. The van der Waals surface area contributed by atoms with Crippen LogP contribution in [-0.2, 0) is 4.74 Å². The van der Waals surface area contributed by atoms with Gasteiger partial charge < -0.3 is 19.4 Å². The highest BCUT2D eigenvalue weighted by Crippen LogP contribution is 2.33. The van der Waals surface area contributed by atoms with Crippen molar-refractivity contribution in [3.63, 3.8) is 0 Å². The number of aromatic amines is 1. The molecule has 0 saturated carbocycles. The summed E-state index contributed by atoms with van der Waals surface area (Å²) in [6, 6.07) is 19.4. The van der Waals surface area contributed by atoms with E-state index in [2.05, 4.69) is 20.9 Å². The zero-order chi connectivity index (χ0) is 27.8. The van der Waals surface area contributed by atoms with E-state index in [1.54, 1.807) is 13.3 Å². The van der Waals surface area contributed by atoms with Crippen LogP contribution in [0.4, 0.5) is 0 Å². The second-order valence-electron chi connectivity index (χ2n) is 10.8. The van der Waals surface area contributed by atoms with Crippen molar-refractivity contribution in [1.29, 1.82) is 0 Å². The molecule has 0 aliphatic carbocycles. The number of amides is 1. The molecule has 2 saturated heterocycles. The molecule has 2 unspecified atom stereocenters. The number of methoxy groups -OCH3 is 1. The molecule has 5 heterocycles. The lowest BCUT2D eigenvalue weighted by Crippen LogP contribution is -2.52. The molecule has 2 aromatic carbocycles. The molecule has 0 bridgehead atoms. The second kappa shape index (κ2) is 10.9. The number of rotatable bonds is 6. The zero-order valence-corrected chi connectivity index (χ0v) is 23.0. The van der Waals surface area contributed by atoms with Crippen molar-refractivity contribution in [2.24, 2.45) is 5.92 Å². The van der Waals surface area contributed by atoms with Crippen molar-refractivity contribution >= 4 is 27.7 Å². The molecule has 9 nitrogen and oxygen atoms in total. The van der Waals surface area contributed by atoms with E-state index in [1.807, 2.05) is 65.7 Å². The summed E-state index contributed by atoms with van der Waals surface area (Å²) in [6.07, 6.45) is 4.66. The molecule has 2 atom stereocenters. The molecular formula is C32H32N6O3. The third-order valence-electron chi connectivity index (χ3n) is 8.20. The largest absolute Gasteiger partial charge is 0.480 e. The average Bonchev–Trinajstić information content (AvgIpc) is 3.73. The molecule has 7 rings (SSSR count). The minimum atomic E-state index is -0.240. The third-order valence-corrected chi connectivity index (χ3v) is 8.20. The molecule has 9 heteroatoms. The van der Waals surface area contributed by atoms with E-state index in [4.69, 9.17) is 19.4 Å². The van der Waals surface area contributed by atoms with E-state index in [0.717, 1.165) is 71.6 Å². The van der Waals surface area contributed by atoms with Gasteiger partial charge in [0.1, 0.15) is 11.9 Å². The Hall–Kier alpha value is -4.34. The highest BCUT2D eigenvalue weighted by atomic mass is 16.5. The molecule has 2 aliphatic heterocycles. The number of hydrogen-bond acceptors (Lipinski definition) is 7. The van der Waals surface area contributed by atoms with Crippen molar-refractivity contribution in [3.05, 3.63) is 84.4 Å². The molecule has 41 heavy (non-hydrogen) atoms. The SMILES string of the molecule is COc1nc2ccccc2cc1-c1cnc(C2CN(CC3CCOC3)CCN2C(=O)c2ccc3ncccc3c2)[nH]1. The minimum Gasteiger partial charge on any atom is -0.480 e. The van der Waals surface area contributed by atoms with Gasteiger partial charge in [0.05, 0.1) is 42.2 Å². The smallest absolute Gasteiger partial charge is 0.254 e. The van der Waals surface area contributed by atoms with Gasteiger partial charge in [-0.1, -0.05) is 24.3 Å². The summed E-state index contributed by atoms with van der Waals surface area (Å²) in [5, 5.41) is 1.97. The second-order valence-corrected chi connectivity index (χ2v) is 10.8. The van der Waals surface area contributed by atoms with Crippen LogP contribution in [0.1, 0.15) is 28.6 Å². The van der Waals surface area contributed by atoms with E-state index in [0.29, 0.717) is 30.5 Å². The Balaban J connectivity index is 1.23. The maximum atomic E-state index is 14.0. The molecule has 0 radical (unpaired) electrons. The Morgan fingerprint density at radius 1 is 1.05 bits per heavy atom. The van der Waals surface area contributed by atoms with Gasteiger partial charge in [0, 0.05) is 55.3 Å². The number of para-hydroxylation sites is 1. The molecular weight excluding hydrogens is 516 g/mol. The Kier molecular flexibility index (Phi) is 6.82. The van der Waals surface area contributed by atoms with Gasteiger partial charge in [-0.2, -0.15) is 0 Å². The Morgan fingerprint density at radius 3 is 2.80 bits per heavy atom. The molecule has 2 fully saturated rings. The highest BCUT2D eigenvalue weighted by molar-refractivity contribution is 5.98. The van der Waals surface area contributed by atoms with Gasteiger partial charge in [-0.3, -0.25) is 14.7 Å². The number of aromatic nitrogens is 4. The molecule has 2 aliphatic rings. The summed E-state index contributed by atoms with van der Waals surface area (Å²) in [7, 11) is 1.63.